The van der Waals surface area contributed by atoms with Gasteiger partial charge in [0.15, 0.2) is 5.78 Å². The van der Waals surface area contributed by atoms with Crippen molar-refractivity contribution in [3.8, 4) is 0 Å². The zero-order valence-electron chi connectivity index (χ0n) is 14.8. The molecule has 134 valence electrons. The number of nitro benzene ring substituents is 1. The van der Waals surface area contributed by atoms with Crippen molar-refractivity contribution in [1.29, 1.82) is 0 Å². The van der Waals surface area contributed by atoms with Crippen LogP contribution >= 0.6 is 0 Å². The second-order valence-corrected chi connectivity index (χ2v) is 7.75. The highest BCUT2D eigenvalue weighted by atomic mass is 16.6. The zero-order valence-corrected chi connectivity index (χ0v) is 14.8. The van der Waals surface area contributed by atoms with E-state index < -0.39 is 4.92 Å². The zero-order chi connectivity index (χ0) is 18.6. The SMILES string of the molecule is Cc1noc2c1[C@H](c1ccc([N+](=O)[O-])cc1)C1=C(CC(C)(C)CC1=O)N2. The van der Waals surface area contributed by atoms with Gasteiger partial charge < -0.3 is 9.84 Å². The van der Waals surface area contributed by atoms with Gasteiger partial charge in [-0.05, 0) is 24.3 Å². The molecular weight excluding hydrogens is 334 g/mol. The molecule has 0 saturated carbocycles. The maximum atomic E-state index is 13.0. The number of benzene rings is 1. The molecule has 2 aliphatic rings. The van der Waals surface area contributed by atoms with Crippen molar-refractivity contribution < 1.29 is 14.2 Å². The molecule has 0 unspecified atom stereocenters. The van der Waals surface area contributed by atoms with Crippen molar-refractivity contribution in [2.24, 2.45) is 5.41 Å². The van der Waals surface area contributed by atoms with Crippen molar-refractivity contribution >= 4 is 17.4 Å². The van der Waals surface area contributed by atoms with Gasteiger partial charge in [0.2, 0.25) is 5.88 Å². The highest BCUT2D eigenvalue weighted by Gasteiger charge is 2.42. The molecule has 0 bridgehead atoms. The summed E-state index contributed by atoms with van der Waals surface area (Å²) >= 11 is 0. The van der Waals surface area contributed by atoms with Crippen LogP contribution in [-0.2, 0) is 4.79 Å². The van der Waals surface area contributed by atoms with Crippen LogP contribution in [0.5, 0.6) is 0 Å². The van der Waals surface area contributed by atoms with Crippen molar-refractivity contribution in [2.75, 3.05) is 5.32 Å². The summed E-state index contributed by atoms with van der Waals surface area (Å²) in [6.07, 6.45) is 1.20. The number of nitrogens with zero attached hydrogens (tertiary/aromatic N) is 2. The third-order valence-electron chi connectivity index (χ3n) is 5.11. The predicted molar refractivity (Wildman–Crippen MR) is 94.9 cm³/mol. The van der Waals surface area contributed by atoms with E-state index in [1.807, 2.05) is 6.92 Å². The smallest absolute Gasteiger partial charge is 0.269 e. The fourth-order valence-electron chi connectivity index (χ4n) is 3.99. The second kappa shape index (κ2) is 5.52. The Balaban J connectivity index is 1.89. The van der Waals surface area contributed by atoms with Gasteiger partial charge in [0.05, 0.1) is 16.2 Å². The first-order chi connectivity index (χ1) is 12.3. The fraction of sp³-hybridized carbons (Fsp3) is 0.368. The number of non-ortho nitro benzene ring substituents is 1. The topological polar surface area (TPSA) is 98.3 Å². The molecule has 2 heterocycles. The van der Waals surface area contributed by atoms with Gasteiger partial charge in [0, 0.05) is 35.7 Å². The summed E-state index contributed by atoms with van der Waals surface area (Å²) in [4.78, 5) is 23.5. The van der Waals surface area contributed by atoms with Gasteiger partial charge in [0.25, 0.3) is 5.69 Å². The van der Waals surface area contributed by atoms with Crippen LogP contribution in [0.4, 0.5) is 11.6 Å². The number of anilines is 1. The second-order valence-electron chi connectivity index (χ2n) is 7.75. The highest BCUT2D eigenvalue weighted by molar-refractivity contribution is 6.01. The molecule has 2 aromatic rings. The lowest BCUT2D eigenvalue weighted by atomic mass is 9.69. The van der Waals surface area contributed by atoms with E-state index in [4.69, 9.17) is 4.52 Å². The summed E-state index contributed by atoms with van der Waals surface area (Å²) in [5.74, 6) is 0.324. The number of nitrogens with one attached hydrogen (secondary N) is 1. The van der Waals surface area contributed by atoms with E-state index >= 15 is 0 Å². The molecule has 0 radical (unpaired) electrons. The number of fused-ring (bicyclic) bond motifs is 1. The van der Waals surface area contributed by atoms with E-state index in [1.54, 1.807) is 12.1 Å². The summed E-state index contributed by atoms with van der Waals surface area (Å²) in [7, 11) is 0. The van der Waals surface area contributed by atoms with E-state index in [0.717, 1.165) is 28.8 Å². The first kappa shape index (κ1) is 16.5. The van der Waals surface area contributed by atoms with E-state index in [0.29, 0.717) is 18.0 Å². The Labute approximate surface area is 150 Å². The molecule has 1 aliphatic heterocycles. The quantitative estimate of drug-likeness (QED) is 0.645. The van der Waals surface area contributed by atoms with E-state index in [9.17, 15) is 14.9 Å². The highest BCUT2D eigenvalue weighted by Crippen LogP contribution is 2.49. The summed E-state index contributed by atoms with van der Waals surface area (Å²) in [5.41, 5.74) is 3.83. The van der Waals surface area contributed by atoms with Crippen LogP contribution in [0.15, 0.2) is 40.1 Å². The van der Waals surface area contributed by atoms with Crippen molar-refractivity contribution in [3.05, 3.63) is 62.5 Å². The molecule has 4 rings (SSSR count). The molecular formula is C19H19N3O4. The maximum absolute atomic E-state index is 13.0. The molecule has 1 aromatic heterocycles. The van der Waals surface area contributed by atoms with Crippen LogP contribution in [-0.4, -0.2) is 15.9 Å². The molecule has 1 aromatic carbocycles. The minimum Gasteiger partial charge on any atom is -0.338 e. The van der Waals surface area contributed by atoms with Crippen molar-refractivity contribution in [2.45, 2.75) is 39.5 Å². The van der Waals surface area contributed by atoms with Crippen molar-refractivity contribution in [1.82, 2.24) is 5.16 Å². The summed E-state index contributed by atoms with van der Waals surface area (Å²) in [5, 5.41) is 18.3. The number of carbonyl (C=O) groups excluding carboxylic acids is 1. The summed E-state index contributed by atoms with van der Waals surface area (Å²) < 4.78 is 5.44. The van der Waals surface area contributed by atoms with E-state index in [2.05, 4.69) is 24.3 Å². The van der Waals surface area contributed by atoms with Crippen LogP contribution in [0.3, 0.4) is 0 Å². The van der Waals surface area contributed by atoms with E-state index in [-0.39, 0.29) is 22.8 Å². The van der Waals surface area contributed by atoms with Gasteiger partial charge in [-0.2, -0.15) is 0 Å². The Morgan fingerprint density at radius 2 is 1.96 bits per heavy atom. The number of hydrogen-bond acceptors (Lipinski definition) is 6. The van der Waals surface area contributed by atoms with Gasteiger partial charge in [-0.25, -0.2) is 0 Å². The minimum absolute atomic E-state index is 0.0234. The van der Waals surface area contributed by atoms with Gasteiger partial charge in [-0.3, -0.25) is 14.9 Å². The molecule has 1 aliphatic carbocycles. The van der Waals surface area contributed by atoms with Gasteiger partial charge in [0.1, 0.15) is 0 Å². The number of aromatic nitrogens is 1. The molecule has 0 fully saturated rings. The molecule has 7 nitrogen and oxygen atoms in total. The number of rotatable bonds is 2. The maximum Gasteiger partial charge on any atom is 0.269 e. The molecule has 1 N–H and O–H groups in total. The first-order valence-corrected chi connectivity index (χ1v) is 8.50. The first-order valence-electron chi connectivity index (χ1n) is 8.50. The molecule has 0 saturated heterocycles. The standard InChI is InChI=1S/C19H19N3O4/c1-10-15-16(11-4-6-12(7-5-11)22(24)25)17-13(20-18(15)26-21-10)8-19(2,3)9-14(17)23/h4-7,16,20H,8-9H2,1-3H3/t16-/m0/s1. The Morgan fingerprint density at radius 1 is 1.27 bits per heavy atom. The van der Waals surface area contributed by atoms with Gasteiger partial charge in [-0.15, -0.1) is 0 Å². The largest absolute Gasteiger partial charge is 0.338 e. The molecule has 0 spiro atoms. The monoisotopic (exact) mass is 353 g/mol. The Kier molecular flexibility index (Phi) is 3.50. The fourth-order valence-corrected chi connectivity index (χ4v) is 3.99. The third kappa shape index (κ3) is 2.51. The number of Topliss-reactive ketones (excluding diaryl/α,β-unsaturated/α-hetero) is 1. The lowest BCUT2D eigenvalue weighted by Gasteiger charge is -2.37. The lowest BCUT2D eigenvalue weighted by Crippen LogP contribution is -2.33. The number of aryl methyl sites for hydroxylation is 1. The number of nitro groups is 1. The third-order valence-corrected chi connectivity index (χ3v) is 5.11. The van der Waals surface area contributed by atoms with E-state index in [1.165, 1.54) is 12.1 Å². The van der Waals surface area contributed by atoms with Gasteiger partial charge in [-0.1, -0.05) is 31.1 Å². The molecule has 26 heavy (non-hydrogen) atoms. The van der Waals surface area contributed by atoms with Crippen LogP contribution in [0.1, 0.15) is 49.4 Å². The molecule has 1 atom stereocenters. The number of carbonyl (C=O) groups is 1. The molecule has 0 amide bonds. The number of ketones is 1. The number of allylic oxidation sites excluding steroid dienone is 2. The minimum atomic E-state index is -0.429. The summed E-state index contributed by atoms with van der Waals surface area (Å²) in [6, 6.07) is 6.36. The lowest BCUT2D eigenvalue weighted by molar-refractivity contribution is -0.384. The van der Waals surface area contributed by atoms with Crippen LogP contribution in [0, 0.1) is 22.5 Å². The predicted octanol–water partition coefficient (Wildman–Crippen LogP) is 4.09. The van der Waals surface area contributed by atoms with Gasteiger partial charge >= 0.3 is 0 Å². The summed E-state index contributed by atoms with van der Waals surface area (Å²) in [6.45, 7) is 5.97. The number of hydrogen-bond donors (Lipinski definition) is 1. The van der Waals surface area contributed by atoms with Crippen molar-refractivity contribution in [3.63, 3.8) is 0 Å². The Morgan fingerprint density at radius 3 is 2.62 bits per heavy atom. The Hall–Kier alpha value is -2.96. The van der Waals surface area contributed by atoms with Crippen LogP contribution in [0.2, 0.25) is 0 Å². The average molecular weight is 353 g/mol. The Bertz CT molecular complexity index is 954. The van der Waals surface area contributed by atoms with Crippen LogP contribution in [0.25, 0.3) is 0 Å². The average Bonchev–Trinajstić information content (AvgIpc) is 2.93. The molecule has 7 heteroatoms. The van der Waals surface area contributed by atoms with Crippen LogP contribution < -0.4 is 5.32 Å². The normalized spacial score (nSPS) is 21.0.